The highest BCUT2D eigenvalue weighted by Crippen LogP contribution is 2.30. The molecule has 0 aromatic heterocycles. The second-order valence-electron chi connectivity index (χ2n) is 8.41. The molecule has 2 nitrogen and oxygen atoms in total. The summed E-state index contributed by atoms with van der Waals surface area (Å²) in [6.45, 7) is 13.0. The summed E-state index contributed by atoms with van der Waals surface area (Å²) in [5.74, 6) is 4.11. The Hall–Kier alpha value is -0.660. The normalized spacial score (nSPS) is 32.9. The zero-order valence-corrected chi connectivity index (χ0v) is 15.5. The average molecular weight is 309 g/mol. The first-order valence-corrected chi connectivity index (χ1v) is 9.27. The molecule has 0 N–H and O–H groups in total. The van der Waals surface area contributed by atoms with Gasteiger partial charge in [0.15, 0.2) is 0 Å². The second-order valence-corrected chi connectivity index (χ2v) is 8.41. The van der Waals surface area contributed by atoms with E-state index in [1.807, 2.05) is 0 Å². The highest BCUT2D eigenvalue weighted by molar-refractivity contribution is 5.82. The number of hydrogen-bond donors (Lipinski definition) is 0. The van der Waals surface area contributed by atoms with Crippen LogP contribution in [0.3, 0.4) is 0 Å². The molecule has 128 valence electrons. The first kappa shape index (κ1) is 19.4. The highest BCUT2D eigenvalue weighted by atomic mass is 16.1. The minimum Gasteiger partial charge on any atom is -0.299 e. The first-order valence-electron chi connectivity index (χ1n) is 9.27. The van der Waals surface area contributed by atoms with E-state index < -0.39 is 0 Å². The molecule has 22 heavy (non-hydrogen) atoms. The molecule has 0 unspecified atom stereocenters. The topological polar surface area (TPSA) is 34.1 Å². The minimum atomic E-state index is 0.367. The van der Waals surface area contributed by atoms with E-state index in [4.69, 9.17) is 0 Å². The molecule has 2 fully saturated rings. The van der Waals surface area contributed by atoms with Gasteiger partial charge < -0.3 is 0 Å². The maximum atomic E-state index is 11.4. The minimum absolute atomic E-state index is 0.367. The van der Waals surface area contributed by atoms with Gasteiger partial charge in [0.1, 0.15) is 11.6 Å². The Bertz CT molecular complexity index is 334. The summed E-state index contributed by atoms with van der Waals surface area (Å²) >= 11 is 0. The van der Waals surface area contributed by atoms with Crippen LogP contribution in [0.5, 0.6) is 0 Å². The van der Waals surface area contributed by atoms with E-state index in [1.165, 1.54) is 12.8 Å². The standard InChI is InChI=1S/2C10H18O/c2*1-7(2)9-5-4-8(3)6-10(9)11/h2*7-9H,4-6H2,1-3H3/t2*8-,9-/m10/s1. The number of rotatable bonds is 2. The van der Waals surface area contributed by atoms with E-state index in [0.29, 0.717) is 47.1 Å². The van der Waals surface area contributed by atoms with E-state index in [-0.39, 0.29) is 0 Å². The van der Waals surface area contributed by atoms with Gasteiger partial charge in [0.25, 0.3) is 0 Å². The van der Waals surface area contributed by atoms with Crippen LogP contribution in [0, 0.1) is 35.5 Å². The zero-order valence-electron chi connectivity index (χ0n) is 15.5. The maximum absolute atomic E-state index is 11.4. The Morgan fingerprint density at radius 3 is 1.23 bits per heavy atom. The molecule has 2 saturated carbocycles. The van der Waals surface area contributed by atoms with Gasteiger partial charge in [-0.15, -0.1) is 0 Å². The predicted molar refractivity (Wildman–Crippen MR) is 92.7 cm³/mol. The van der Waals surface area contributed by atoms with E-state index in [1.54, 1.807) is 0 Å². The van der Waals surface area contributed by atoms with Crippen LogP contribution >= 0.6 is 0 Å². The number of Topliss-reactive ketones (excluding diaryl/α,β-unsaturated/α-hetero) is 2. The molecule has 0 aromatic rings. The van der Waals surface area contributed by atoms with Gasteiger partial charge in [0.2, 0.25) is 0 Å². The first-order chi connectivity index (χ1) is 10.2. The molecule has 4 atom stereocenters. The van der Waals surface area contributed by atoms with Crippen LogP contribution < -0.4 is 0 Å². The van der Waals surface area contributed by atoms with E-state index in [2.05, 4.69) is 41.5 Å². The van der Waals surface area contributed by atoms with Crippen LogP contribution in [0.25, 0.3) is 0 Å². The fourth-order valence-corrected chi connectivity index (χ4v) is 3.85. The van der Waals surface area contributed by atoms with Crippen molar-refractivity contribution in [3.8, 4) is 0 Å². The summed E-state index contributed by atoms with van der Waals surface area (Å²) in [5.41, 5.74) is 0. The Kier molecular flexibility index (Phi) is 7.79. The Morgan fingerprint density at radius 1 is 0.682 bits per heavy atom. The predicted octanol–water partition coefficient (Wildman–Crippen LogP) is 5.30. The van der Waals surface area contributed by atoms with Gasteiger partial charge in [-0.05, 0) is 49.4 Å². The molecule has 2 aliphatic carbocycles. The van der Waals surface area contributed by atoms with Gasteiger partial charge in [-0.1, -0.05) is 41.5 Å². The summed E-state index contributed by atoms with van der Waals surface area (Å²) in [5, 5.41) is 0. The lowest BCUT2D eigenvalue weighted by atomic mass is 9.77. The van der Waals surface area contributed by atoms with Gasteiger partial charge in [-0.3, -0.25) is 9.59 Å². The summed E-state index contributed by atoms with van der Waals surface area (Å²) < 4.78 is 0. The Balaban J connectivity index is 0.000000220. The molecular formula is C20H36O2. The third-order valence-corrected chi connectivity index (χ3v) is 5.48. The van der Waals surface area contributed by atoms with Crippen molar-refractivity contribution < 1.29 is 9.59 Å². The molecule has 0 spiro atoms. The van der Waals surface area contributed by atoms with Crippen molar-refractivity contribution in [2.45, 2.75) is 80.1 Å². The maximum Gasteiger partial charge on any atom is 0.136 e. The lowest BCUT2D eigenvalue weighted by Crippen LogP contribution is -2.27. The third kappa shape index (κ3) is 5.85. The number of hydrogen-bond acceptors (Lipinski definition) is 2. The average Bonchev–Trinajstić information content (AvgIpc) is 2.38. The fraction of sp³-hybridized carbons (Fsp3) is 0.900. The summed E-state index contributed by atoms with van der Waals surface area (Å²) in [6.07, 6.45) is 6.38. The van der Waals surface area contributed by atoms with Crippen LogP contribution in [-0.4, -0.2) is 11.6 Å². The SMILES string of the molecule is CC(C)[C@@H]1CC[C@H](C)CC1=O.CC(C)[C@H]1CC[C@@H](C)CC1=O. The molecular weight excluding hydrogens is 272 g/mol. The van der Waals surface area contributed by atoms with Crippen molar-refractivity contribution in [1.29, 1.82) is 0 Å². The number of carbonyl (C=O) groups excluding carboxylic acids is 2. The van der Waals surface area contributed by atoms with Crippen molar-refractivity contribution >= 4 is 11.6 Å². The third-order valence-electron chi connectivity index (χ3n) is 5.48. The molecule has 2 heteroatoms. The quantitative estimate of drug-likeness (QED) is 0.694. The van der Waals surface area contributed by atoms with Gasteiger partial charge in [0.05, 0.1) is 0 Å². The molecule has 0 aliphatic heterocycles. The summed E-state index contributed by atoms with van der Waals surface area (Å²) in [4.78, 5) is 22.9. The molecule has 0 bridgehead atoms. The smallest absolute Gasteiger partial charge is 0.136 e. The molecule has 0 heterocycles. The lowest BCUT2D eigenvalue weighted by Gasteiger charge is -2.27. The number of carbonyl (C=O) groups is 2. The van der Waals surface area contributed by atoms with Crippen LogP contribution in [0.4, 0.5) is 0 Å². The van der Waals surface area contributed by atoms with E-state index in [9.17, 15) is 9.59 Å². The molecule has 0 aromatic carbocycles. The van der Waals surface area contributed by atoms with Crippen LogP contribution in [0.1, 0.15) is 80.1 Å². The Morgan fingerprint density at radius 2 is 1.00 bits per heavy atom. The molecule has 2 rings (SSSR count). The molecule has 0 amide bonds. The van der Waals surface area contributed by atoms with Crippen molar-refractivity contribution in [2.24, 2.45) is 35.5 Å². The molecule has 2 aliphatic rings. The largest absolute Gasteiger partial charge is 0.299 e. The van der Waals surface area contributed by atoms with E-state index >= 15 is 0 Å². The number of ketones is 2. The van der Waals surface area contributed by atoms with Crippen molar-refractivity contribution in [3.05, 3.63) is 0 Å². The zero-order chi connectivity index (χ0) is 16.9. The van der Waals surface area contributed by atoms with Crippen molar-refractivity contribution in [2.75, 3.05) is 0 Å². The van der Waals surface area contributed by atoms with Crippen molar-refractivity contribution in [3.63, 3.8) is 0 Å². The summed E-state index contributed by atoms with van der Waals surface area (Å²) in [6, 6.07) is 0. The van der Waals surface area contributed by atoms with Crippen LogP contribution in [-0.2, 0) is 9.59 Å². The van der Waals surface area contributed by atoms with Crippen LogP contribution in [0.15, 0.2) is 0 Å². The van der Waals surface area contributed by atoms with Gasteiger partial charge in [-0.25, -0.2) is 0 Å². The second kappa shape index (κ2) is 8.84. The van der Waals surface area contributed by atoms with Gasteiger partial charge in [0, 0.05) is 24.7 Å². The highest BCUT2D eigenvalue weighted by Gasteiger charge is 2.28. The molecule has 0 radical (unpaired) electrons. The van der Waals surface area contributed by atoms with Crippen LogP contribution in [0.2, 0.25) is 0 Å². The van der Waals surface area contributed by atoms with E-state index in [0.717, 1.165) is 25.7 Å². The van der Waals surface area contributed by atoms with Crippen molar-refractivity contribution in [1.82, 2.24) is 0 Å². The monoisotopic (exact) mass is 308 g/mol. The lowest BCUT2D eigenvalue weighted by molar-refractivity contribution is -0.128. The molecule has 0 saturated heterocycles. The van der Waals surface area contributed by atoms with Gasteiger partial charge in [-0.2, -0.15) is 0 Å². The fourth-order valence-electron chi connectivity index (χ4n) is 3.85. The van der Waals surface area contributed by atoms with Gasteiger partial charge >= 0.3 is 0 Å². The Labute approximate surface area is 137 Å². The summed E-state index contributed by atoms with van der Waals surface area (Å²) in [7, 11) is 0.